The Morgan fingerprint density at radius 3 is 2.27 bits per heavy atom. The van der Waals surface area contributed by atoms with Crippen LogP contribution in [0.3, 0.4) is 0 Å². The van der Waals surface area contributed by atoms with E-state index < -0.39 is 0 Å². The Morgan fingerprint density at radius 1 is 1.05 bits per heavy atom. The van der Waals surface area contributed by atoms with Crippen LogP contribution in [-0.2, 0) is 0 Å². The predicted molar refractivity (Wildman–Crippen MR) is 92.5 cm³/mol. The molecule has 0 spiro atoms. The van der Waals surface area contributed by atoms with E-state index in [2.05, 4.69) is 24.5 Å². The molecule has 0 aliphatic rings. The van der Waals surface area contributed by atoms with E-state index in [1.165, 1.54) is 0 Å². The summed E-state index contributed by atoms with van der Waals surface area (Å²) in [7, 11) is 0. The van der Waals surface area contributed by atoms with E-state index in [9.17, 15) is 4.79 Å². The molecule has 0 aliphatic carbocycles. The lowest BCUT2D eigenvalue weighted by Gasteiger charge is -2.24. The number of hydrogen-bond donors (Lipinski definition) is 2. The molecule has 22 heavy (non-hydrogen) atoms. The minimum atomic E-state index is -0.0859. The summed E-state index contributed by atoms with van der Waals surface area (Å²) in [6.07, 6.45) is 0. The van der Waals surface area contributed by atoms with E-state index in [0.717, 1.165) is 5.69 Å². The van der Waals surface area contributed by atoms with Gasteiger partial charge in [-0.05, 0) is 42.3 Å². The van der Waals surface area contributed by atoms with Gasteiger partial charge in [-0.3, -0.25) is 4.79 Å². The molecule has 0 fully saturated rings. The Morgan fingerprint density at radius 2 is 1.68 bits per heavy atom. The summed E-state index contributed by atoms with van der Waals surface area (Å²) < 4.78 is 0. The number of carbonyl (C=O) groups excluding carboxylic acids is 1. The maximum atomic E-state index is 12.2. The second-order valence-electron chi connectivity index (χ2n) is 5.58. The maximum Gasteiger partial charge on any atom is 0.251 e. The smallest absolute Gasteiger partial charge is 0.251 e. The first-order valence-electron chi connectivity index (χ1n) is 7.41. The molecular weight excluding hydrogens is 296 g/mol. The largest absolute Gasteiger partial charge is 0.380 e. The standard InChI is InChI=1S/C18H21ClN2O/c1-13(2)17(21-16-6-4-3-5-7-16)12-20-18(22)14-8-10-15(19)11-9-14/h3-11,13,17,21H,12H2,1-2H3,(H,20,22). The number of amides is 1. The third-order valence-electron chi connectivity index (χ3n) is 3.52. The van der Waals surface area contributed by atoms with Gasteiger partial charge in [0.25, 0.3) is 5.91 Å². The molecule has 0 aliphatic heterocycles. The maximum absolute atomic E-state index is 12.2. The van der Waals surface area contributed by atoms with Crippen LogP contribution in [0.25, 0.3) is 0 Å². The van der Waals surface area contributed by atoms with Crippen LogP contribution in [0.2, 0.25) is 5.02 Å². The molecule has 0 saturated carbocycles. The number of halogens is 1. The fourth-order valence-corrected chi connectivity index (χ4v) is 2.23. The topological polar surface area (TPSA) is 41.1 Å². The summed E-state index contributed by atoms with van der Waals surface area (Å²) in [4.78, 5) is 12.2. The summed E-state index contributed by atoms with van der Waals surface area (Å²) in [6.45, 7) is 4.83. The van der Waals surface area contributed by atoms with Gasteiger partial charge in [0.1, 0.15) is 0 Å². The Hall–Kier alpha value is -2.00. The molecule has 4 heteroatoms. The van der Waals surface area contributed by atoms with Crippen molar-refractivity contribution in [1.82, 2.24) is 5.32 Å². The minimum Gasteiger partial charge on any atom is -0.380 e. The van der Waals surface area contributed by atoms with Crippen LogP contribution in [-0.4, -0.2) is 18.5 Å². The monoisotopic (exact) mass is 316 g/mol. The summed E-state index contributed by atoms with van der Waals surface area (Å²) >= 11 is 5.83. The average Bonchev–Trinajstić information content (AvgIpc) is 2.52. The van der Waals surface area contributed by atoms with Crippen molar-refractivity contribution in [1.29, 1.82) is 0 Å². The van der Waals surface area contributed by atoms with Crippen LogP contribution in [0, 0.1) is 5.92 Å². The number of rotatable bonds is 6. The van der Waals surface area contributed by atoms with Crippen molar-refractivity contribution in [2.45, 2.75) is 19.9 Å². The quantitative estimate of drug-likeness (QED) is 0.838. The van der Waals surface area contributed by atoms with Crippen molar-refractivity contribution in [2.24, 2.45) is 5.92 Å². The van der Waals surface area contributed by atoms with Crippen LogP contribution in [0.4, 0.5) is 5.69 Å². The zero-order valence-corrected chi connectivity index (χ0v) is 13.6. The summed E-state index contributed by atoms with van der Waals surface area (Å²) in [5.41, 5.74) is 1.67. The van der Waals surface area contributed by atoms with Crippen molar-refractivity contribution in [3.8, 4) is 0 Å². The van der Waals surface area contributed by atoms with E-state index in [0.29, 0.717) is 23.0 Å². The molecule has 1 atom stereocenters. The van der Waals surface area contributed by atoms with E-state index in [-0.39, 0.29) is 11.9 Å². The van der Waals surface area contributed by atoms with Crippen molar-refractivity contribution < 1.29 is 4.79 Å². The number of para-hydroxylation sites is 1. The van der Waals surface area contributed by atoms with Crippen molar-refractivity contribution in [2.75, 3.05) is 11.9 Å². The second kappa shape index (κ2) is 7.85. The first kappa shape index (κ1) is 16.4. The Labute approximate surface area is 136 Å². The average molecular weight is 317 g/mol. The van der Waals surface area contributed by atoms with Gasteiger partial charge in [-0.15, -0.1) is 0 Å². The molecule has 1 unspecified atom stereocenters. The summed E-state index contributed by atoms with van der Waals surface area (Å²) in [5, 5.41) is 7.06. The van der Waals surface area contributed by atoms with Crippen LogP contribution in [0.1, 0.15) is 24.2 Å². The lowest BCUT2D eigenvalue weighted by Crippen LogP contribution is -2.39. The van der Waals surface area contributed by atoms with Gasteiger partial charge in [0, 0.05) is 28.9 Å². The van der Waals surface area contributed by atoms with Crippen LogP contribution >= 0.6 is 11.6 Å². The highest BCUT2D eigenvalue weighted by molar-refractivity contribution is 6.30. The number of anilines is 1. The minimum absolute atomic E-state index is 0.0859. The molecule has 0 bridgehead atoms. The SMILES string of the molecule is CC(C)C(CNC(=O)c1ccc(Cl)cc1)Nc1ccccc1. The number of nitrogens with one attached hydrogen (secondary N) is 2. The van der Waals surface area contributed by atoms with Gasteiger partial charge in [-0.1, -0.05) is 43.6 Å². The van der Waals surface area contributed by atoms with Gasteiger partial charge in [-0.25, -0.2) is 0 Å². The molecule has 0 heterocycles. The fraction of sp³-hybridized carbons (Fsp3) is 0.278. The molecule has 2 aromatic rings. The molecule has 0 radical (unpaired) electrons. The van der Waals surface area contributed by atoms with E-state index in [1.54, 1.807) is 24.3 Å². The second-order valence-corrected chi connectivity index (χ2v) is 6.01. The molecule has 1 amide bonds. The number of hydrogen-bond acceptors (Lipinski definition) is 2. The van der Waals surface area contributed by atoms with E-state index in [1.807, 2.05) is 30.3 Å². The third-order valence-corrected chi connectivity index (χ3v) is 3.77. The lowest BCUT2D eigenvalue weighted by atomic mass is 10.0. The lowest BCUT2D eigenvalue weighted by molar-refractivity contribution is 0.0950. The Balaban J connectivity index is 1.94. The zero-order valence-electron chi connectivity index (χ0n) is 12.8. The third kappa shape index (κ3) is 4.78. The van der Waals surface area contributed by atoms with Gasteiger partial charge in [-0.2, -0.15) is 0 Å². The van der Waals surface area contributed by atoms with Gasteiger partial charge >= 0.3 is 0 Å². The van der Waals surface area contributed by atoms with Crippen molar-refractivity contribution in [3.05, 3.63) is 65.2 Å². The highest BCUT2D eigenvalue weighted by Crippen LogP contribution is 2.13. The molecule has 0 saturated heterocycles. The normalized spacial score (nSPS) is 12.0. The fourth-order valence-electron chi connectivity index (χ4n) is 2.11. The molecule has 2 rings (SSSR count). The van der Waals surface area contributed by atoms with Crippen LogP contribution < -0.4 is 10.6 Å². The molecule has 2 aromatic carbocycles. The molecule has 2 N–H and O–H groups in total. The predicted octanol–water partition coefficient (Wildman–Crippen LogP) is 4.21. The number of carbonyl (C=O) groups is 1. The van der Waals surface area contributed by atoms with E-state index >= 15 is 0 Å². The highest BCUT2D eigenvalue weighted by Gasteiger charge is 2.15. The van der Waals surface area contributed by atoms with Gasteiger partial charge < -0.3 is 10.6 Å². The first-order chi connectivity index (χ1) is 10.6. The molecule has 0 aromatic heterocycles. The van der Waals surface area contributed by atoms with Crippen LogP contribution in [0.15, 0.2) is 54.6 Å². The van der Waals surface area contributed by atoms with Gasteiger partial charge in [0.15, 0.2) is 0 Å². The molecule has 116 valence electrons. The highest BCUT2D eigenvalue weighted by atomic mass is 35.5. The van der Waals surface area contributed by atoms with Crippen molar-refractivity contribution >= 4 is 23.2 Å². The van der Waals surface area contributed by atoms with Gasteiger partial charge in [0.2, 0.25) is 0 Å². The summed E-state index contributed by atoms with van der Waals surface area (Å²) in [6, 6.07) is 17.1. The van der Waals surface area contributed by atoms with Gasteiger partial charge in [0.05, 0.1) is 0 Å². The van der Waals surface area contributed by atoms with E-state index in [4.69, 9.17) is 11.6 Å². The molecule has 3 nitrogen and oxygen atoms in total. The van der Waals surface area contributed by atoms with Crippen LogP contribution in [0.5, 0.6) is 0 Å². The Bertz CT molecular complexity index is 596. The zero-order chi connectivity index (χ0) is 15.9. The van der Waals surface area contributed by atoms with Crippen molar-refractivity contribution in [3.63, 3.8) is 0 Å². The first-order valence-corrected chi connectivity index (χ1v) is 7.79. The summed E-state index contributed by atoms with van der Waals surface area (Å²) in [5.74, 6) is 0.308. The Kier molecular flexibility index (Phi) is 5.84. The number of benzene rings is 2. The molecular formula is C18H21ClN2O.